The number of carbonyl (C=O) groups excluding carboxylic acids is 1. The molecule has 1 aromatic heterocycles. The number of benzene rings is 1. The molecule has 3 rings (SSSR count). The van der Waals surface area contributed by atoms with Crippen molar-refractivity contribution < 1.29 is 9.18 Å². The van der Waals surface area contributed by atoms with Crippen molar-refractivity contribution in [1.29, 1.82) is 0 Å². The lowest BCUT2D eigenvalue weighted by Crippen LogP contribution is -2.53. The first kappa shape index (κ1) is 20.8. The lowest BCUT2D eigenvalue weighted by Gasteiger charge is -2.42. The molecule has 4 nitrogen and oxygen atoms in total. The molecule has 1 N–H and O–H groups in total. The molecule has 0 saturated carbocycles. The Labute approximate surface area is 171 Å². The first-order valence-electron chi connectivity index (χ1n) is 9.85. The van der Waals surface area contributed by atoms with Crippen LogP contribution in [-0.4, -0.2) is 43.0 Å². The molecule has 1 aliphatic rings. The highest BCUT2D eigenvalue weighted by atomic mass is 32.1. The second kappa shape index (κ2) is 8.62. The zero-order chi connectivity index (χ0) is 20.3. The van der Waals surface area contributed by atoms with Crippen LogP contribution in [0.1, 0.15) is 38.6 Å². The van der Waals surface area contributed by atoms with Crippen LogP contribution < -0.4 is 10.2 Å². The lowest BCUT2D eigenvalue weighted by molar-refractivity contribution is -0.129. The third kappa shape index (κ3) is 4.73. The first-order valence-corrected chi connectivity index (χ1v) is 10.7. The number of rotatable bonds is 5. The van der Waals surface area contributed by atoms with E-state index in [1.807, 2.05) is 32.9 Å². The number of anilines is 1. The molecule has 1 saturated heterocycles. The number of nitrogens with zero attached hydrogens (tertiary/aromatic N) is 2. The minimum Gasteiger partial charge on any atom is -0.367 e. The summed E-state index contributed by atoms with van der Waals surface area (Å²) in [5, 5.41) is 5.29. The van der Waals surface area contributed by atoms with Crippen LogP contribution in [0.4, 0.5) is 10.1 Å². The summed E-state index contributed by atoms with van der Waals surface area (Å²) in [5.74, 6) is -0.108. The smallest absolute Gasteiger partial charge is 0.225 e. The summed E-state index contributed by atoms with van der Waals surface area (Å²) in [5.41, 5.74) is 0.251. The van der Waals surface area contributed by atoms with E-state index < -0.39 is 5.41 Å². The minimum absolute atomic E-state index is 0.00890. The van der Waals surface area contributed by atoms with Gasteiger partial charge in [0.2, 0.25) is 5.91 Å². The number of hydrogen-bond acceptors (Lipinski definition) is 4. The number of nitrogens with one attached hydrogen (secondary N) is 1. The van der Waals surface area contributed by atoms with Gasteiger partial charge in [-0.15, -0.1) is 11.3 Å². The number of halogens is 1. The summed E-state index contributed by atoms with van der Waals surface area (Å²) in [4.78, 5) is 18.3. The number of piperazine rings is 1. The zero-order valence-electron chi connectivity index (χ0n) is 17.1. The molecule has 6 heteroatoms. The van der Waals surface area contributed by atoms with Crippen molar-refractivity contribution in [2.45, 2.75) is 39.8 Å². The molecule has 0 unspecified atom stereocenters. The Morgan fingerprint density at radius 2 is 1.79 bits per heavy atom. The van der Waals surface area contributed by atoms with Gasteiger partial charge in [-0.25, -0.2) is 4.39 Å². The maximum Gasteiger partial charge on any atom is 0.225 e. The van der Waals surface area contributed by atoms with Gasteiger partial charge in [-0.05, 0) is 30.5 Å². The predicted octanol–water partition coefficient (Wildman–Crippen LogP) is 4.30. The average Bonchev–Trinajstić information content (AvgIpc) is 3.16. The molecule has 2 atom stereocenters. The van der Waals surface area contributed by atoms with Crippen LogP contribution in [0.15, 0.2) is 41.8 Å². The Bertz CT molecular complexity index is 779. The van der Waals surface area contributed by atoms with Gasteiger partial charge in [-0.3, -0.25) is 9.69 Å². The number of hydrogen-bond donors (Lipinski definition) is 1. The van der Waals surface area contributed by atoms with Gasteiger partial charge < -0.3 is 10.2 Å². The van der Waals surface area contributed by atoms with Crippen LogP contribution in [0.2, 0.25) is 0 Å². The Hall–Kier alpha value is -1.92. The fourth-order valence-electron chi connectivity index (χ4n) is 3.65. The molecular formula is C22H30FN3OS. The van der Waals surface area contributed by atoms with E-state index in [2.05, 4.69) is 39.6 Å². The van der Waals surface area contributed by atoms with Gasteiger partial charge in [0.15, 0.2) is 0 Å². The topological polar surface area (TPSA) is 35.6 Å². The van der Waals surface area contributed by atoms with Crippen molar-refractivity contribution >= 4 is 22.9 Å². The fourth-order valence-corrected chi connectivity index (χ4v) is 4.62. The van der Waals surface area contributed by atoms with E-state index in [0.29, 0.717) is 5.69 Å². The Morgan fingerprint density at radius 1 is 1.11 bits per heavy atom. The van der Waals surface area contributed by atoms with Crippen LogP contribution >= 0.6 is 11.3 Å². The van der Waals surface area contributed by atoms with Gasteiger partial charge in [0.25, 0.3) is 0 Å². The van der Waals surface area contributed by atoms with Crippen LogP contribution in [0.25, 0.3) is 0 Å². The van der Waals surface area contributed by atoms with Gasteiger partial charge >= 0.3 is 0 Å². The molecule has 0 bridgehead atoms. The maximum absolute atomic E-state index is 14.1. The number of carbonyl (C=O) groups is 1. The number of amides is 1. The molecule has 0 radical (unpaired) electrons. The number of para-hydroxylation sites is 1. The molecule has 152 valence electrons. The molecule has 0 aliphatic carbocycles. The third-order valence-corrected chi connectivity index (χ3v) is 6.19. The van der Waals surface area contributed by atoms with E-state index in [0.717, 1.165) is 26.2 Å². The van der Waals surface area contributed by atoms with Crippen LogP contribution in [0.5, 0.6) is 0 Å². The van der Waals surface area contributed by atoms with Gasteiger partial charge in [-0.2, -0.15) is 0 Å². The van der Waals surface area contributed by atoms with Crippen LogP contribution in [-0.2, 0) is 4.79 Å². The quantitative estimate of drug-likeness (QED) is 0.808. The number of thiophene rings is 1. The first-order chi connectivity index (χ1) is 13.3. The molecule has 0 spiro atoms. The van der Waals surface area contributed by atoms with Crippen molar-refractivity contribution in [3.8, 4) is 0 Å². The molecule has 2 aromatic rings. The molecular weight excluding hydrogens is 373 g/mol. The van der Waals surface area contributed by atoms with Gasteiger partial charge in [0.05, 0.1) is 11.7 Å². The monoisotopic (exact) mass is 403 g/mol. The maximum atomic E-state index is 14.1. The SMILES string of the molecule is C[C@H](NC(=O)C(C)(C)C)[C@H](c1cccs1)N1CCN(c2ccccc2F)CC1. The third-order valence-electron chi connectivity index (χ3n) is 5.25. The van der Waals surface area contributed by atoms with E-state index >= 15 is 0 Å². The Kier molecular flexibility index (Phi) is 6.40. The summed E-state index contributed by atoms with van der Waals surface area (Å²) in [6.07, 6.45) is 0. The van der Waals surface area contributed by atoms with Crippen molar-refractivity contribution in [2.75, 3.05) is 31.1 Å². The van der Waals surface area contributed by atoms with Gasteiger partial charge in [0.1, 0.15) is 5.82 Å². The van der Waals surface area contributed by atoms with Crippen molar-refractivity contribution in [1.82, 2.24) is 10.2 Å². The highest BCUT2D eigenvalue weighted by Crippen LogP contribution is 2.31. The van der Waals surface area contributed by atoms with E-state index in [1.165, 1.54) is 10.9 Å². The second-order valence-electron chi connectivity index (χ2n) is 8.45. The highest BCUT2D eigenvalue weighted by Gasteiger charge is 2.33. The summed E-state index contributed by atoms with van der Waals surface area (Å²) >= 11 is 1.72. The Morgan fingerprint density at radius 3 is 2.36 bits per heavy atom. The van der Waals surface area contributed by atoms with Gasteiger partial charge in [-0.1, -0.05) is 39.0 Å². The van der Waals surface area contributed by atoms with Crippen LogP contribution in [0, 0.1) is 11.2 Å². The van der Waals surface area contributed by atoms with Gasteiger partial charge in [0, 0.05) is 42.5 Å². The molecule has 28 heavy (non-hydrogen) atoms. The summed E-state index contributed by atoms with van der Waals surface area (Å²) < 4.78 is 14.1. The van der Waals surface area contributed by atoms with Crippen LogP contribution in [0.3, 0.4) is 0 Å². The van der Waals surface area contributed by atoms with E-state index in [-0.39, 0.29) is 23.8 Å². The Balaban J connectivity index is 1.72. The fraction of sp³-hybridized carbons (Fsp3) is 0.500. The minimum atomic E-state index is -0.419. The van der Waals surface area contributed by atoms with E-state index in [1.54, 1.807) is 17.4 Å². The van der Waals surface area contributed by atoms with E-state index in [9.17, 15) is 9.18 Å². The molecule has 1 aliphatic heterocycles. The summed E-state index contributed by atoms with van der Waals surface area (Å²) in [6, 6.07) is 11.3. The summed E-state index contributed by atoms with van der Waals surface area (Å²) in [6.45, 7) is 11.1. The van der Waals surface area contributed by atoms with Crippen molar-refractivity contribution in [3.63, 3.8) is 0 Å². The molecule has 2 heterocycles. The van der Waals surface area contributed by atoms with E-state index in [4.69, 9.17) is 0 Å². The predicted molar refractivity (Wildman–Crippen MR) is 114 cm³/mol. The zero-order valence-corrected chi connectivity index (χ0v) is 17.9. The lowest BCUT2D eigenvalue weighted by atomic mass is 9.94. The molecule has 1 fully saturated rings. The molecule has 1 amide bonds. The molecule has 1 aromatic carbocycles. The average molecular weight is 404 g/mol. The standard InChI is InChI=1S/C22H30FN3OS/c1-16(24-21(27)22(2,3)4)20(19-10-7-15-28-19)26-13-11-25(12-14-26)18-9-6-5-8-17(18)23/h5-10,15-16,20H,11-14H2,1-4H3,(H,24,27)/t16-,20+/m0/s1. The largest absolute Gasteiger partial charge is 0.367 e. The highest BCUT2D eigenvalue weighted by molar-refractivity contribution is 7.10. The summed E-state index contributed by atoms with van der Waals surface area (Å²) in [7, 11) is 0. The van der Waals surface area contributed by atoms with Crippen molar-refractivity contribution in [3.05, 3.63) is 52.5 Å². The second-order valence-corrected chi connectivity index (χ2v) is 9.43. The normalized spacial score (nSPS) is 18.0. The van der Waals surface area contributed by atoms with Crippen molar-refractivity contribution in [2.24, 2.45) is 5.41 Å².